The molecule has 0 saturated heterocycles. The molecule has 0 heterocycles. The Bertz CT molecular complexity index is 477. The minimum Gasteiger partial charge on any atom is -0.452 e. The normalized spacial score (nSPS) is 10.7. The molecule has 0 spiro atoms. The number of carbonyl (C=O) groups excluding carboxylic acids is 2. The van der Waals surface area contributed by atoms with Gasteiger partial charge in [0.25, 0.3) is 0 Å². The number of hydrogen-bond acceptors (Lipinski definition) is 6. The highest BCUT2D eigenvalue weighted by molar-refractivity contribution is 5.89. The lowest BCUT2D eigenvalue weighted by Gasteiger charge is -2.20. The largest absolute Gasteiger partial charge is 0.452 e. The predicted octanol–water partition coefficient (Wildman–Crippen LogP) is 0.601. The Morgan fingerprint density at radius 1 is 1.26 bits per heavy atom. The maximum atomic E-state index is 11.5. The van der Waals surface area contributed by atoms with Gasteiger partial charge in [-0.05, 0) is 19.1 Å². The Morgan fingerprint density at radius 3 is 2.37 bits per heavy atom. The van der Waals surface area contributed by atoms with Gasteiger partial charge >= 0.3 is 17.9 Å². The van der Waals surface area contributed by atoms with Crippen molar-refractivity contribution in [2.75, 3.05) is 6.61 Å². The van der Waals surface area contributed by atoms with Gasteiger partial charge in [-0.25, -0.2) is 9.59 Å². The summed E-state index contributed by atoms with van der Waals surface area (Å²) in [6.45, 7) is 3.72. The van der Waals surface area contributed by atoms with Crippen LogP contribution in [0.25, 0.3) is 0 Å². The zero-order valence-electron chi connectivity index (χ0n) is 10.3. The smallest absolute Gasteiger partial charge is 0.360 e. The van der Waals surface area contributed by atoms with Gasteiger partial charge in [-0.3, -0.25) is 0 Å². The molecule has 1 aromatic carbocycles. The van der Waals surface area contributed by atoms with E-state index in [-0.39, 0.29) is 11.1 Å². The average Bonchev–Trinajstić information content (AvgIpc) is 2.36. The molecule has 0 saturated carbocycles. The second-order valence-corrected chi connectivity index (χ2v) is 3.86. The second-order valence-electron chi connectivity index (χ2n) is 3.86. The highest BCUT2D eigenvalue weighted by Crippen LogP contribution is 2.09. The van der Waals surface area contributed by atoms with E-state index in [1.807, 2.05) is 0 Å². The van der Waals surface area contributed by atoms with Gasteiger partial charge in [0.05, 0.1) is 5.56 Å². The van der Waals surface area contributed by atoms with Crippen LogP contribution in [0.5, 0.6) is 0 Å². The van der Waals surface area contributed by atoms with Crippen LogP contribution in [0.1, 0.15) is 17.3 Å². The van der Waals surface area contributed by atoms with Gasteiger partial charge in [0.15, 0.2) is 6.61 Å². The van der Waals surface area contributed by atoms with E-state index in [1.54, 1.807) is 18.2 Å². The molecule has 0 fully saturated rings. The molecule has 6 nitrogen and oxygen atoms in total. The molecular formula is C13H14O6. The summed E-state index contributed by atoms with van der Waals surface area (Å²) < 4.78 is 8.91. The van der Waals surface area contributed by atoms with Crippen molar-refractivity contribution in [2.24, 2.45) is 0 Å². The molecule has 0 aliphatic carbocycles. The van der Waals surface area contributed by atoms with Crippen LogP contribution in [0.2, 0.25) is 0 Å². The minimum atomic E-state index is -2.89. The summed E-state index contributed by atoms with van der Waals surface area (Å²) in [4.78, 5) is 22.6. The van der Waals surface area contributed by atoms with E-state index in [4.69, 9.17) is 0 Å². The summed E-state index contributed by atoms with van der Waals surface area (Å²) in [6.07, 6.45) is 0. The van der Waals surface area contributed by atoms with E-state index >= 15 is 0 Å². The number of carbonyl (C=O) groups is 2. The average molecular weight is 266 g/mol. The SMILES string of the molecule is C=C(C)C(=O)OC(O)(O)COC(=O)c1ccccc1. The zero-order chi connectivity index (χ0) is 14.5. The molecule has 0 bridgehead atoms. The first-order valence-electron chi connectivity index (χ1n) is 5.37. The molecule has 0 amide bonds. The molecule has 0 aliphatic rings. The van der Waals surface area contributed by atoms with Gasteiger partial charge in [0.1, 0.15) is 0 Å². The van der Waals surface area contributed by atoms with Gasteiger partial charge < -0.3 is 19.7 Å². The van der Waals surface area contributed by atoms with Crippen LogP contribution in [0, 0.1) is 0 Å². The molecule has 6 heteroatoms. The minimum absolute atomic E-state index is 0.0122. The van der Waals surface area contributed by atoms with Crippen LogP contribution in [0.4, 0.5) is 0 Å². The number of esters is 2. The maximum absolute atomic E-state index is 11.5. The van der Waals surface area contributed by atoms with Crippen LogP contribution < -0.4 is 0 Å². The molecule has 0 aromatic heterocycles. The maximum Gasteiger partial charge on any atom is 0.360 e. The molecule has 1 rings (SSSR count). The van der Waals surface area contributed by atoms with Crippen LogP contribution in [0.3, 0.4) is 0 Å². The fourth-order valence-corrected chi connectivity index (χ4v) is 1.08. The number of aliphatic hydroxyl groups is 2. The van der Waals surface area contributed by atoms with Crippen molar-refractivity contribution in [1.82, 2.24) is 0 Å². The van der Waals surface area contributed by atoms with E-state index in [0.717, 1.165) is 0 Å². The van der Waals surface area contributed by atoms with Crippen molar-refractivity contribution in [3.63, 3.8) is 0 Å². The zero-order valence-corrected chi connectivity index (χ0v) is 10.3. The van der Waals surface area contributed by atoms with E-state index in [9.17, 15) is 19.8 Å². The third-order valence-electron chi connectivity index (χ3n) is 2.01. The molecule has 2 N–H and O–H groups in total. The number of hydrogen-bond donors (Lipinski definition) is 2. The number of ether oxygens (including phenoxy) is 2. The molecule has 102 valence electrons. The third-order valence-corrected chi connectivity index (χ3v) is 2.01. The quantitative estimate of drug-likeness (QED) is 0.460. The standard InChI is InChI=1S/C13H14O6/c1-9(2)11(14)19-13(16,17)8-18-12(15)10-6-4-3-5-7-10/h3-7,16-17H,1,8H2,2H3. The first-order chi connectivity index (χ1) is 8.82. The van der Waals surface area contributed by atoms with E-state index in [0.29, 0.717) is 0 Å². The van der Waals surface area contributed by atoms with Crippen LogP contribution in [-0.4, -0.2) is 34.7 Å². The number of rotatable bonds is 5. The van der Waals surface area contributed by atoms with E-state index in [1.165, 1.54) is 19.1 Å². The molecule has 0 aliphatic heterocycles. The van der Waals surface area contributed by atoms with E-state index < -0.39 is 24.5 Å². The lowest BCUT2D eigenvalue weighted by Crippen LogP contribution is -2.40. The summed E-state index contributed by atoms with van der Waals surface area (Å²) in [6, 6.07) is 7.97. The van der Waals surface area contributed by atoms with Crippen molar-refractivity contribution in [3.8, 4) is 0 Å². The lowest BCUT2D eigenvalue weighted by atomic mass is 10.2. The van der Waals surface area contributed by atoms with Crippen LogP contribution in [-0.2, 0) is 14.3 Å². The molecule has 0 radical (unpaired) electrons. The lowest BCUT2D eigenvalue weighted by molar-refractivity contribution is -0.329. The Labute approximate surface area is 109 Å². The Hall–Kier alpha value is -2.18. The molecule has 0 atom stereocenters. The Morgan fingerprint density at radius 2 is 1.84 bits per heavy atom. The fraction of sp³-hybridized carbons (Fsp3) is 0.231. The van der Waals surface area contributed by atoms with E-state index in [2.05, 4.69) is 16.1 Å². The Kier molecular flexibility index (Phi) is 4.80. The van der Waals surface area contributed by atoms with Gasteiger partial charge in [0, 0.05) is 5.57 Å². The molecule has 1 aromatic rings. The first-order valence-corrected chi connectivity index (χ1v) is 5.37. The molecular weight excluding hydrogens is 252 g/mol. The monoisotopic (exact) mass is 266 g/mol. The molecule has 0 unspecified atom stereocenters. The van der Waals surface area contributed by atoms with Crippen molar-refractivity contribution in [2.45, 2.75) is 12.9 Å². The highest BCUT2D eigenvalue weighted by Gasteiger charge is 2.31. The van der Waals surface area contributed by atoms with Crippen molar-refractivity contribution in [1.29, 1.82) is 0 Å². The van der Waals surface area contributed by atoms with Gasteiger partial charge in [0.2, 0.25) is 0 Å². The molecule has 19 heavy (non-hydrogen) atoms. The van der Waals surface area contributed by atoms with Gasteiger partial charge in [-0.1, -0.05) is 24.8 Å². The number of benzene rings is 1. The van der Waals surface area contributed by atoms with Crippen LogP contribution >= 0.6 is 0 Å². The summed E-state index contributed by atoms with van der Waals surface area (Å²) in [5.74, 6) is -4.65. The van der Waals surface area contributed by atoms with Gasteiger partial charge in [-0.15, -0.1) is 0 Å². The van der Waals surface area contributed by atoms with Crippen molar-refractivity contribution >= 4 is 11.9 Å². The Balaban J connectivity index is 2.54. The summed E-state index contributed by atoms with van der Waals surface area (Å²) in [5, 5.41) is 18.6. The van der Waals surface area contributed by atoms with Crippen molar-refractivity contribution < 1.29 is 29.3 Å². The van der Waals surface area contributed by atoms with Gasteiger partial charge in [-0.2, -0.15) is 0 Å². The van der Waals surface area contributed by atoms with Crippen molar-refractivity contribution in [3.05, 3.63) is 48.0 Å². The van der Waals surface area contributed by atoms with Crippen LogP contribution in [0.15, 0.2) is 42.5 Å². The highest BCUT2D eigenvalue weighted by atomic mass is 16.8. The predicted molar refractivity (Wildman–Crippen MR) is 64.8 cm³/mol. The topological polar surface area (TPSA) is 93.1 Å². The second kappa shape index (κ2) is 6.12. The summed E-state index contributed by atoms with van der Waals surface area (Å²) >= 11 is 0. The first kappa shape index (κ1) is 14.9. The fourth-order valence-electron chi connectivity index (χ4n) is 1.08. The third kappa shape index (κ3) is 4.90. The summed E-state index contributed by atoms with van der Waals surface area (Å²) in [5.41, 5.74) is 0.228. The summed E-state index contributed by atoms with van der Waals surface area (Å²) in [7, 11) is 0.